The van der Waals surface area contributed by atoms with Crippen LogP contribution in [0.3, 0.4) is 0 Å². The largest absolute Gasteiger partial charge is 0.469 e. The molecule has 76 valence electrons. The van der Waals surface area contributed by atoms with Crippen LogP contribution in [0.2, 0.25) is 0 Å². The van der Waals surface area contributed by atoms with E-state index in [-0.39, 0.29) is 17.9 Å². The first-order chi connectivity index (χ1) is 6.19. The summed E-state index contributed by atoms with van der Waals surface area (Å²) in [7, 11) is 1.45. The fourth-order valence-electron chi connectivity index (χ4n) is 2.19. The number of esters is 1. The van der Waals surface area contributed by atoms with Gasteiger partial charge in [-0.3, -0.25) is 4.79 Å². The molecule has 1 saturated carbocycles. The van der Waals surface area contributed by atoms with E-state index in [9.17, 15) is 4.79 Å². The Balaban J connectivity index is 2.59. The highest BCUT2D eigenvalue weighted by molar-refractivity contribution is 5.72. The van der Waals surface area contributed by atoms with Crippen molar-refractivity contribution < 1.29 is 9.53 Å². The Bertz CT molecular complexity index is 182. The van der Waals surface area contributed by atoms with Gasteiger partial charge in [0, 0.05) is 6.04 Å². The maximum atomic E-state index is 11.4. The van der Waals surface area contributed by atoms with E-state index in [1.165, 1.54) is 7.11 Å². The first kappa shape index (κ1) is 10.5. The number of rotatable bonds is 2. The van der Waals surface area contributed by atoms with Gasteiger partial charge in [0.1, 0.15) is 0 Å². The van der Waals surface area contributed by atoms with Gasteiger partial charge in [0.15, 0.2) is 0 Å². The van der Waals surface area contributed by atoms with Crippen LogP contribution in [0.1, 0.15) is 32.6 Å². The van der Waals surface area contributed by atoms with Gasteiger partial charge in [0.05, 0.1) is 13.0 Å². The lowest BCUT2D eigenvalue weighted by molar-refractivity contribution is -0.149. The summed E-state index contributed by atoms with van der Waals surface area (Å²) in [5.41, 5.74) is 5.83. The van der Waals surface area contributed by atoms with Crippen LogP contribution in [-0.2, 0) is 9.53 Å². The molecule has 1 aliphatic rings. The zero-order valence-corrected chi connectivity index (χ0v) is 8.45. The topological polar surface area (TPSA) is 52.3 Å². The predicted octanol–water partition coefficient (Wildman–Crippen LogP) is 1.31. The van der Waals surface area contributed by atoms with E-state index in [4.69, 9.17) is 10.5 Å². The summed E-state index contributed by atoms with van der Waals surface area (Å²) in [4.78, 5) is 11.4. The van der Waals surface area contributed by atoms with Crippen molar-refractivity contribution in [3.8, 4) is 0 Å². The molecule has 1 rings (SSSR count). The van der Waals surface area contributed by atoms with Crippen molar-refractivity contribution in [2.24, 2.45) is 17.6 Å². The van der Waals surface area contributed by atoms with E-state index in [2.05, 4.69) is 6.92 Å². The number of ether oxygens (including phenoxy) is 1. The van der Waals surface area contributed by atoms with E-state index in [0.29, 0.717) is 5.92 Å². The minimum Gasteiger partial charge on any atom is -0.469 e. The van der Waals surface area contributed by atoms with Crippen molar-refractivity contribution in [1.29, 1.82) is 0 Å². The van der Waals surface area contributed by atoms with Gasteiger partial charge < -0.3 is 10.5 Å². The van der Waals surface area contributed by atoms with Crippen LogP contribution in [0.25, 0.3) is 0 Å². The zero-order valence-electron chi connectivity index (χ0n) is 8.45. The van der Waals surface area contributed by atoms with E-state index < -0.39 is 0 Å². The lowest BCUT2D eigenvalue weighted by atomic mass is 9.76. The lowest BCUT2D eigenvalue weighted by Crippen LogP contribution is -2.37. The average molecular weight is 185 g/mol. The summed E-state index contributed by atoms with van der Waals surface area (Å²) in [5, 5.41) is 0. The van der Waals surface area contributed by atoms with Gasteiger partial charge in [-0.25, -0.2) is 0 Å². The summed E-state index contributed by atoms with van der Waals surface area (Å²) in [6.45, 7) is 2.12. The predicted molar refractivity (Wildman–Crippen MR) is 51.1 cm³/mol. The molecule has 2 N–H and O–H groups in total. The third kappa shape index (κ3) is 2.44. The van der Waals surface area contributed by atoms with Crippen molar-refractivity contribution in [2.75, 3.05) is 7.11 Å². The molecule has 0 aromatic rings. The molecule has 0 heterocycles. The van der Waals surface area contributed by atoms with E-state index in [1.807, 2.05) is 0 Å². The Morgan fingerprint density at radius 2 is 2.23 bits per heavy atom. The second-order valence-corrected chi connectivity index (χ2v) is 3.87. The van der Waals surface area contributed by atoms with Gasteiger partial charge in [0.2, 0.25) is 0 Å². The molecule has 3 heteroatoms. The number of nitrogens with two attached hydrogens (primary N) is 1. The molecular formula is C10H19NO2. The van der Waals surface area contributed by atoms with Crippen LogP contribution < -0.4 is 5.73 Å². The fraction of sp³-hybridized carbons (Fsp3) is 0.900. The van der Waals surface area contributed by atoms with Crippen LogP contribution in [0.15, 0.2) is 0 Å². The molecule has 13 heavy (non-hydrogen) atoms. The van der Waals surface area contributed by atoms with Crippen LogP contribution in [0, 0.1) is 11.8 Å². The van der Waals surface area contributed by atoms with E-state index in [0.717, 1.165) is 25.7 Å². The lowest BCUT2D eigenvalue weighted by Gasteiger charge is -2.32. The van der Waals surface area contributed by atoms with Crippen LogP contribution in [0.4, 0.5) is 0 Å². The van der Waals surface area contributed by atoms with Crippen molar-refractivity contribution in [3.63, 3.8) is 0 Å². The molecule has 3 atom stereocenters. The summed E-state index contributed by atoms with van der Waals surface area (Å²) in [5.74, 6) is 0.438. The Morgan fingerprint density at radius 3 is 2.77 bits per heavy atom. The average Bonchev–Trinajstić information content (AvgIpc) is 2.16. The summed E-state index contributed by atoms with van der Waals surface area (Å²) in [6, 6.07) is 0.187. The fourth-order valence-corrected chi connectivity index (χ4v) is 2.19. The summed E-state index contributed by atoms with van der Waals surface area (Å²) < 4.78 is 4.78. The molecule has 3 nitrogen and oxygen atoms in total. The Labute approximate surface area is 79.6 Å². The van der Waals surface area contributed by atoms with Gasteiger partial charge >= 0.3 is 5.97 Å². The summed E-state index contributed by atoms with van der Waals surface area (Å²) in [6.07, 6.45) is 3.96. The number of carbonyl (C=O) groups excluding carboxylic acids is 1. The first-order valence-corrected chi connectivity index (χ1v) is 5.02. The maximum Gasteiger partial charge on any atom is 0.308 e. The molecule has 1 aliphatic carbocycles. The molecule has 0 radical (unpaired) electrons. The van der Waals surface area contributed by atoms with Crippen LogP contribution in [-0.4, -0.2) is 19.1 Å². The number of hydrogen-bond acceptors (Lipinski definition) is 3. The number of methoxy groups -OCH3 is 1. The van der Waals surface area contributed by atoms with Gasteiger partial charge in [-0.05, 0) is 25.2 Å². The Hall–Kier alpha value is -0.570. The molecule has 0 aliphatic heterocycles. The molecule has 0 aromatic carbocycles. The van der Waals surface area contributed by atoms with Crippen molar-refractivity contribution in [1.82, 2.24) is 0 Å². The van der Waals surface area contributed by atoms with E-state index >= 15 is 0 Å². The standard InChI is InChI=1S/C10H19NO2/c1-3-7-4-5-8(11)6-9(7)10(12)13-2/h7-9H,3-6,11H2,1-2H3/t7-,8+,9+/m0/s1. The van der Waals surface area contributed by atoms with Gasteiger partial charge in [-0.15, -0.1) is 0 Å². The third-order valence-electron chi connectivity index (χ3n) is 3.06. The van der Waals surface area contributed by atoms with E-state index in [1.54, 1.807) is 0 Å². The highest BCUT2D eigenvalue weighted by Gasteiger charge is 2.33. The Kier molecular flexibility index (Phi) is 3.72. The molecule has 1 fully saturated rings. The smallest absolute Gasteiger partial charge is 0.308 e. The van der Waals surface area contributed by atoms with Gasteiger partial charge in [0.25, 0.3) is 0 Å². The van der Waals surface area contributed by atoms with Crippen molar-refractivity contribution in [2.45, 2.75) is 38.6 Å². The molecule has 0 amide bonds. The molecular weight excluding hydrogens is 166 g/mol. The number of carbonyl (C=O) groups is 1. The second-order valence-electron chi connectivity index (χ2n) is 3.87. The summed E-state index contributed by atoms with van der Waals surface area (Å²) >= 11 is 0. The maximum absolute atomic E-state index is 11.4. The van der Waals surface area contributed by atoms with Crippen LogP contribution in [0.5, 0.6) is 0 Å². The SMILES string of the molecule is CC[C@H]1CC[C@@H](N)C[C@H]1C(=O)OC. The molecule has 0 saturated heterocycles. The highest BCUT2D eigenvalue weighted by Crippen LogP contribution is 2.32. The second kappa shape index (κ2) is 4.61. The first-order valence-electron chi connectivity index (χ1n) is 5.02. The third-order valence-corrected chi connectivity index (χ3v) is 3.06. The Morgan fingerprint density at radius 1 is 1.54 bits per heavy atom. The van der Waals surface area contributed by atoms with Crippen molar-refractivity contribution >= 4 is 5.97 Å². The molecule has 0 bridgehead atoms. The quantitative estimate of drug-likeness (QED) is 0.660. The minimum absolute atomic E-state index is 0.0405. The molecule has 0 spiro atoms. The number of hydrogen-bond donors (Lipinski definition) is 1. The normalized spacial score (nSPS) is 34.2. The highest BCUT2D eigenvalue weighted by atomic mass is 16.5. The van der Waals surface area contributed by atoms with Gasteiger partial charge in [-0.1, -0.05) is 13.3 Å². The van der Waals surface area contributed by atoms with Gasteiger partial charge in [-0.2, -0.15) is 0 Å². The van der Waals surface area contributed by atoms with Crippen LogP contribution >= 0.6 is 0 Å². The minimum atomic E-state index is -0.0815. The van der Waals surface area contributed by atoms with Crippen molar-refractivity contribution in [3.05, 3.63) is 0 Å². The molecule has 0 unspecified atom stereocenters. The monoisotopic (exact) mass is 185 g/mol. The molecule has 0 aromatic heterocycles. The zero-order chi connectivity index (χ0) is 9.84.